The standard InChI is InChI=1S/C16H22/c1-2-4-6-8-11-16-13-9-12-15(14-16)10-7-5-3-1/h15-16H,1-4,9-14H2. The smallest absolute Gasteiger partial charge is 0.0117 e. The number of hydrogen-bond donors (Lipinski definition) is 0. The lowest BCUT2D eigenvalue weighted by Gasteiger charge is -2.26. The number of rotatable bonds is 0. The zero-order valence-electron chi connectivity index (χ0n) is 10.2. The van der Waals surface area contributed by atoms with Gasteiger partial charge >= 0.3 is 0 Å². The molecule has 0 saturated heterocycles. The predicted molar refractivity (Wildman–Crippen MR) is 68.7 cm³/mol. The van der Waals surface area contributed by atoms with E-state index < -0.39 is 0 Å². The van der Waals surface area contributed by atoms with Gasteiger partial charge < -0.3 is 0 Å². The quantitative estimate of drug-likeness (QED) is 0.531. The molecule has 0 amide bonds. The van der Waals surface area contributed by atoms with E-state index in [0.717, 1.165) is 37.5 Å². The molecule has 2 atom stereocenters. The number of hydrogen-bond acceptors (Lipinski definition) is 0. The van der Waals surface area contributed by atoms with E-state index in [9.17, 15) is 0 Å². The third kappa shape index (κ3) is 3.94. The van der Waals surface area contributed by atoms with Gasteiger partial charge in [-0.2, -0.15) is 0 Å². The van der Waals surface area contributed by atoms with Crippen LogP contribution in [0.1, 0.15) is 64.2 Å². The fourth-order valence-electron chi connectivity index (χ4n) is 2.81. The molecule has 0 aromatic rings. The average molecular weight is 214 g/mol. The van der Waals surface area contributed by atoms with Crippen LogP contribution in [0.2, 0.25) is 0 Å². The first-order valence-electron chi connectivity index (χ1n) is 6.86. The summed E-state index contributed by atoms with van der Waals surface area (Å²) in [6.45, 7) is 0. The summed E-state index contributed by atoms with van der Waals surface area (Å²) >= 11 is 0. The fourth-order valence-corrected chi connectivity index (χ4v) is 2.81. The molecule has 2 unspecified atom stereocenters. The molecule has 86 valence electrons. The Balaban J connectivity index is 1.94. The van der Waals surface area contributed by atoms with Gasteiger partial charge in [0.25, 0.3) is 0 Å². The molecular formula is C16H22. The van der Waals surface area contributed by atoms with Crippen LogP contribution in [0.5, 0.6) is 0 Å². The molecule has 2 rings (SSSR count). The van der Waals surface area contributed by atoms with Crippen molar-refractivity contribution in [2.24, 2.45) is 11.8 Å². The first-order valence-corrected chi connectivity index (χ1v) is 6.86. The fraction of sp³-hybridized carbons (Fsp3) is 0.750. The minimum Gasteiger partial charge on any atom is -0.103 e. The van der Waals surface area contributed by atoms with Crippen molar-refractivity contribution >= 4 is 0 Å². The molecular weight excluding hydrogens is 192 g/mol. The topological polar surface area (TPSA) is 0 Å². The van der Waals surface area contributed by atoms with Crippen LogP contribution < -0.4 is 0 Å². The van der Waals surface area contributed by atoms with Crippen LogP contribution in [0.4, 0.5) is 0 Å². The minimum absolute atomic E-state index is 0.869. The monoisotopic (exact) mass is 214 g/mol. The van der Waals surface area contributed by atoms with E-state index in [0.29, 0.717) is 0 Å². The lowest BCUT2D eigenvalue weighted by Crippen LogP contribution is -2.14. The van der Waals surface area contributed by atoms with Gasteiger partial charge in [-0.3, -0.25) is 0 Å². The van der Waals surface area contributed by atoms with Crippen LogP contribution in [0.15, 0.2) is 0 Å². The molecule has 0 aliphatic heterocycles. The summed E-state index contributed by atoms with van der Waals surface area (Å²) in [5.41, 5.74) is 0. The van der Waals surface area contributed by atoms with Crippen molar-refractivity contribution < 1.29 is 0 Å². The van der Waals surface area contributed by atoms with Crippen LogP contribution in [-0.2, 0) is 0 Å². The van der Waals surface area contributed by atoms with E-state index >= 15 is 0 Å². The molecule has 0 nitrogen and oxygen atoms in total. The van der Waals surface area contributed by atoms with Crippen molar-refractivity contribution in [2.45, 2.75) is 64.2 Å². The molecule has 0 heteroatoms. The van der Waals surface area contributed by atoms with Gasteiger partial charge in [0.2, 0.25) is 0 Å². The third-order valence-corrected chi connectivity index (χ3v) is 3.78. The normalized spacial score (nSPS) is 30.5. The highest BCUT2D eigenvalue weighted by molar-refractivity contribution is 5.04. The summed E-state index contributed by atoms with van der Waals surface area (Å²) in [6, 6.07) is 0. The van der Waals surface area contributed by atoms with Gasteiger partial charge in [-0.05, 0) is 43.9 Å². The van der Waals surface area contributed by atoms with Gasteiger partial charge in [-0.15, -0.1) is 23.7 Å². The summed E-state index contributed by atoms with van der Waals surface area (Å²) in [4.78, 5) is 0. The summed E-state index contributed by atoms with van der Waals surface area (Å²) < 4.78 is 0. The van der Waals surface area contributed by atoms with Crippen molar-refractivity contribution in [2.75, 3.05) is 0 Å². The minimum atomic E-state index is 0.869. The maximum atomic E-state index is 3.39. The summed E-state index contributed by atoms with van der Waals surface area (Å²) in [6.07, 6.45) is 12.5. The van der Waals surface area contributed by atoms with Crippen LogP contribution in [0, 0.1) is 35.5 Å². The zero-order valence-corrected chi connectivity index (χ0v) is 10.2. The van der Waals surface area contributed by atoms with Gasteiger partial charge in [0, 0.05) is 25.7 Å². The largest absolute Gasteiger partial charge is 0.103 e. The van der Waals surface area contributed by atoms with Crippen molar-refractivity contribution in [1.82, 2.24) is 0 Å². The van der Waals surface area contributed by atoms with Crippen molar-refractivity contribution in [1.29, 1.82) is 0 Å². The van der Waals surface area contributed by atoms with Gasteiger partial charge in [0.1, 0.15) is 0 Å². The molecule has 1 fully saturated rings. The van der Waals surface area contributed by atoms with Crippen LogP contribution in [-0.4, -0.2) is 0 Å². The summed E-state index contributed by atoms with van der Waals surface area (Å²) in [5, 5.41) is 0. The highest BCUT2D eigenvalue weighted by Gasteiger charge is 2.20. The summed E-state index contributed by atoms with van der Waals surface area (Å²) in [7, 11) is 0. The van der Waals surface area contributed by atoms with Crippen LogP contribution >= 0.6 is 0 Å². The highest BCUT2D eigenvalue weighted by Crippen LogP contribution is 2.32. The Morgan fingerprint density at radius 3 is 1.75 bits per heavy atom. The Kier molecular flexibility index (Phi) is 4.82. The van der Waals surface area contributed by atoms with Crippen LogP contribution in [0.3, 0.4) is 0 Å². The second-order valence-corrected chi connectivity index (χ2v) is 5.22. The summed E-state index contributed by atoms with van der Waals surface area (Å²) in [5.74, 6) is 15.2. The average Bonchev–Trinajstić information content (AvgIpc) is 2.32. The van der Waals surface area contributed by atoms with E-state index in [1.165, 1.54) is 38.5 Å². The van der Waals surface area contributed by atoms with Gasteiger partial charge in [-0.1, -0.05) is 6.42 Å². The molecule has 0 N–H and O–H groups in total. The molecule has 2 aliphatic rings. The van der Waals surface area contributed by atoms with Gasteiger partial charge in [-0.25, -0.2) is 0 Å². The van der Waals surface area contributed by atoms with Crippen molar-refractivity contribution in [3.05, 3.63) is 0 Å². The van der Waals surface area contributed by atoms with E-state index in [-0.39, 0.29) is 0 Å². The molecule has 16 heavy (non-hydrogen) atoms. The second kappa shape index (κ2) is 6.65. The SMILES string of the molecule is C1#CCC2CCCC(CC#CCCCC1)C2. The zero-order chi connectivity index (χ0) is 11.1. The molecule has 0 aromatic heterocycles. The van der Waals surface area contributed by atoms with Gasteiger partial charge in [0.15, 0.2) is 0 Å². The van der Waals surface area contributed by atoms with Crippen molar-refractivity contribution in [3.63, 3.8) is 0 Å². The highest BCUT2D eigenvalue weighted by atomic mass is 14.2. The Morgan fingerprint density at radius 1 is 0.625 bits per heavy atom. The van der Waals surface area contributed by atoms with Crippen LogP contribution in [0.25, 0.3) is 0 Å². The molecule has 1 saturated carbocycles. The maximum absolute atomic E-state index is 3.39. The molecule has 0 radical (unpaired) electrons. The lowest BCUT2D eigenvalue weighted by molar-refractivity contribution is 0.274. The maximum Gasteiger partial charge on any atom is 0.0117 e. The Labute approximate surface area is 100 Å². The first kappa shape index (κ1) is 11.6. The van der Waals surface area contributed by atoms with E-state index in [2.05, 4.69) is 23.7 Å². The van der Waals surface area contributed by atoms with Crippen molar-refractivity contribution in [3.8, 4) is 23.7 Å². The number of fused-ring (bicyclic) bond motifs is 2. The Hall–Kier alpha value is -0.880. The van der Waals surface area contributed by atoms with E-state index in [1.807, 2.05) is 0 Å². The predicted octanol–water partition coefficient (Wildman–Crippen LogP) is 4.15. The molecule has 2 bridgehead atoms. The molecule has 0 heterocycles. The molecule has 0 spiro atoms. The first-order chi connectivity index (χ1) is 7.95. The molecule has 2 aliphatic carbocycles. The van der Waals surface area contributed by atoms with E-state index in [4.69, 9.17) is 0 Å². The molecule has 0 aromatic carbocycles. The Morgan fingerprint density at radius 2 is 1.19 bits per heavy atom. The van der Waals surface area contributed by atoms with E-state index in [1.54, 1.807) is 0 Å². The lowest BCUT2D eigenvalue weighted by atomic mass is 9.79. The Bertz CT molecular complexity index is 285. The second-order valence-electron chi connectivity index (χ2n) is 5.22. The third-order valence-electron chi connectivity index (χ3n) is 3.78. The van der Waals surface area contributed by atoms with Gasteiger partial charge in [0.05, 0.1) is 0 Å².